The Labute approximate surface area is 211 Å². The molecule has 4 rings (SSSR count). The molecular formula is C27H26F4N4O2. The van der Waals surface area contributed by atoms with E-state index >= 15 is 0 Å². The number of pyridine rings is 1. The second-order valence-corrected chi connectivity index (χ2v) is 8.71. The summed E-state index contributed by atoms with van der Waals surface area (Å²) in [6.07, 6.45) is -1.62. The molecule has 2 aromatic carbocycles. The van der Waals surface area contributed by atoms with Gasteiger partial charge in [-0.05, 0) is 54.8 Å². The Morgan fingerprint density at radius 3 is 2.27 bits per heavy atom. The third-order valence-corrected chi connectivity index (χ3v) is 6.22. The lowest BCUT2D eigenvalue weighted by Gasteiger charge is -2.36. The molecule has 0 saturated carbocycles. The van der Waals surface area contributed by atoms with Crippen LogP contribution in [-0.2, 0) is 12.6 Å². The summed E-state index contributed by atoms with van der Waals surface area (Å²) < 4.78 is 52.8. The molecule has 1 fully saturated rings. The average molecular weight is 515 g/mol. The Morgan fingerprint density at radius 2 is 1.62 bits per heavy atom. The van der Waals surface area contributed by atoms with E-state index in [2.05, 4.69) is 10.3 Å². The van der Waals surface area contributed by atoms with Crippen LogP contribution in [0.5, 0.6) is 0 Å². The van der Waals surface area contributed by atoms with Gasteiger partial charge in [0.25, 0.3) is 11.8 Å². The minimum absolute atomic E-state index is 0.265. The normalized spacial score (nSPS) is 13.9. The monoisotopic (exact) mass is 514 g/mol. The molecule has 6 nitrogen and oxygen atoms in total. The molecule has 0 aliphatic carbocycles. The standard InChI is InChI=1S/C27H26F4N4O2/c28-20-9-7-19(8-10-20)4-3-13-32-25(36)24-12-11-21(18-33-24)34-14-16-35(17-15-34)26(37)22-5-1-2-6-23(22)27(29,30)31/h1-2,5-12,18H,3-4,13-17H2,(H,32,36). The molecule has 2 heterocycles. The van der Waals surface area contributed by atoms with Gasteiger partial charge in [-0.15, -0.1) is 0 Å². The van der Waals surface area contributed by atoms with E-state index in [1.165, 1.54) is 35.2 Å². The first-order valence-corrected chi connectivity index (χ1v) is 11.9. The van der Waals surface area contributed by atoms with Crippen molar-refractivity contribution in [3.05, 3.63) is 95.1 Å². The molecule has 1 aliphatic heterocycles. The number of carbonyl (C=O) groups excluding carboxylic acids is 2. The van der Waals surface area contributed by atoms with Crippen molar-refractivity contribution in [2.45, 2.75) is 19.0 Å². The second-order valence-electron chi connectivity index (χ2n) is 8.71. The molecule has 194 valence electrons. The average Bonchev–Trinajstić information content (AvgIpc) is 2.91. The highest BCUT2D eigenvalue weighted by molar-refractivity contribution is 5.96. The molecule has 0 bridgehead atoms. The molecular weight excluding hydrogens is 488 g/mol. The van der Waals surface area contributed by atoms with Crippen LogP contribution in [0.15, 0.2) is 66.9 Å². The molecule has 1 aliphatic rings. The molecule has 0 radical (unpaired) electrons. The smallest absolute Gasteiger partial charge is 0.367 e. The van der Waals surface area contributed by atoms with Gasteiger partial charge in [-0.1, -0.05) is 24.3 Å². The minimum atomic E-state index is -4.60. The van der Waals surface area contributed by atoms with E-state index in [1.807, 2.05) is 4.90 Å². The van der Waals surface area contributed by atoms with Crippen LogP contribution < -0.4 is 10.2 Å². The molecule has 1 saturated heterocycles. The Hall–Kier alpha value is -3.95. The zero-order chi connectivity index (χ0) is 26.4. The van der Waals surface area contributed by atoms with Gasteiger partial charge in [0.2, 0.25) is 0 Å². The number of benzene rings is 2. The van der Waals surface area contributed by atoms with Gasteiger partial charge in [-0.3, -0.25) is 9.59 Å². The lowest BCUT2D eigenvalue weighted by molar-refractivity contribution is -0.138. The van der Waals surface area contributed by atoms with Gasteiger partial charge in [-0.25, -0.2) is 9.37 Å². The van der Waals surface area contributed by atoms with Gasteiger partial charge in [0.1, 0.15) is 11.5 Å². The van der Waals surface area contributed by atoms with Gasteiger partial charge >= 0.3 is 6.18 Å². The lowest BCUT2D eigenvalue weighted by atomic mass is 10.1. The highest BCUT2D eigenvalue weighted by Gasteiger charge is 2.36. The topological polar surface area (TPSA) is 65.5 Å². The molecule has 37 heavy (non-hydrogen) atoms. The first-order chi connectivity index (χ1) is 17.7. The fourth-order valence-corrected chi connectivity index (χ4v) is 4.20. The van der Waals surface area contributed by atoms with Crippen LogP contribution in [0.4, 0.5) is 23.2 Å². The van der Waals surface area contributed by atoms with Gasteiger partial charge < -0.3 is 15.1 Å². The Balaban J connectivity index is 1.26. The Kier molecular flexibility index (Phi) is 8.05. The van der Waals surface area contributed by atoms with Crippen LogP contribution in [0.2, 0.25) is 0 Å². The highest BCUT2D eigenvalue weighted by atomic mass is 19.4. The van der Waals surface area contributed by atoms with Crippen LogP contribution in [0.3, 0.4) is 0 Å². The van der Waals surface area contributed by atoms with Crippen LogP contribution in [0.25, 0.3) is 0 Å². The number of aromatic nitrogens is 1. The zero-order valence-electron chi connectivity index (χ0n) is 20.0. The molecule has 1 N–H and O–H groups in total. The summed E-state index contributed by atoms with van der Waals surface area (Å²) in [5, 5.41) is 2.82. The quantitative estimate of drug-likeness (QED) is 0.371. The number of rotatable bonds is 7. The van der Waals surface area contributed by atoms with Crippen molar-refractivity contribution in [3.63, 3.8) is 0 Å². The molecule has 1 aromatic heterocycles. The van der Waals surface area contributed by atoms with Gasteiger partial charge in [0.15, 0.2) is 0 Å². The number of aryl methyl sites for hydroxylation is 1. The molecule has 0 unspecified atom stereocenters. The summed E-state index contributed by atoms with van der Waals surface area (Å²) in [6, 6.07) is 14.4. The van der Waals surface area contributed by atoms with Gasteiger partial charge in [-0.2, -0.15) is 13.2 Å². The van der Waals surface area contributed by atoms with Crippen molar-refractivity contribution in [1.29, 1.82) is 0 Å². The van der Waals surface area contributed by atoms with Crippen LogP contribution >= 0.6 is 0 Å². The van der Waals surface area contributed by atoms with Crippen LogP contribution in [0, 0.1) is 5.82 Å². The molecule has 2 amide bonds. The third kappa shape index (κ3) is 6.63. The predicted octanol–water partition coefficient (Wildman–Crippen LogP) is 4.56. The summed E-state index contributed by atoms with van der Waals surface area (Å²) >= 11 is 0. The van der Waals surface area contributed by atoms with Crippen molar-refractivity contribution in [3.8, 4) is 0 Å². The maximum atomic E-state index is 13.3. The van der Waals surface area contributed by atoms with E-state index in [9.17, 15) is 27.2 Å². The van der Waals surface area contributed by atoms with Crippen molar-refractivity contribution in [2.75, 3.05) is 37.6 Å². The number of alkyl halides is 3. The number of amides is 2. The highest BCUT2D eigenvalue weighted by Crippen LogP contribution is 2.32. The van der Waals surface area contributed by atoms with E-state index in [-0.39, 0.29) is 36.1 Å². The second kappa shape index (κ2) is 11.4. The van der Waals surface area contributed by atoms with Crippen molar-refractivity contribution in [1.82, 2.24) is 15.2 Å². The lowest BCUT2D eigenvalue weighted by Crippen LogP contribution is -2.49. The van der Waals surface area contributed by atoms with E-state index < -0.39 is 17.6 Å². The predicted molar refractivity (Wildman–Crippen MR) is 131 cm³/mol. The fraction of sp³-hybridized carbons (Fsp3) is 0.296. The maximum Gasteiger partial charge on any atom is 0.417 e. The van der Waals surface area contributed by atoms with Crippen molar-refractivity contribution >= 4 is 17.5 Å². The Morgan fingerprint density at radius 1 is 0.919 bits per heavy atom. The van der Waals surface area contributed by atoms with Gasteiger partial charge in [0, 0.05) is 32.7 Å². The van der Waals surface area contributed by atoms with E-state index in [0.29, 0.717) is 32.5 Å². The molecule has 0 atom stereocenters. The van der Waals surface area contributed by atoms with Crippen molar-refractivity contribution in [2.24, 2.45) is 0 Å². The SMILES string of the molecule is O=C(NCCCc1ccc(F)cc1)c1ccc(N2CCN(C(=O)c3ccccc3C(F)(F)F)CC2)cn1. The first-order valence-electron chi connectivity index (χ1n) is 11.9. The number of nitrogens with zero attached hydrogens (tertiary/aromatic N) is 3. The minimum Gasteiger partial charge on any atom is -0.367 e. The van der Waals surface area contributed by atoms with Crippen LogP contribution in [0.1, 0.15) is 38.4 Å². The number of anilines is 1. The number of piperazine rings is 1. The number of nitrogens with one attached hydrogen (secondary N) is 1. The largest absolute Gasteiger partial charge is 0.417 e. The van der Waals surface area contributed by atoms with E-state index in [1.54, 1.807) is 30.5 Å². The van der Waals surface area contributed by atoms with E-state index in [0.717, 1.165) is 17.3 Å². The maximum absolute atomic E-state index is 13.3. The fourth-order valence-electron chi connectivity index (χ4n) is 4.20. The summed E-state index contributed by atoms with van der Waals surface area (Å²) in [7, 11) is 0. The van der Waals surface area contributed by atoms with Crippen molar-refractivity contribution < 1.29 is 27.2 Å². The number of halogens is 4. The summed E-state index contributed by atoms with van der Waals surface area (Å²) in [5.74, 6) is -1.23. The Bertz CT molecular complexity index is 1220. The van der Waals surface area contributed by atoms with Gasteiger partial charge in [0.05, 0.1) is 23.0 Å². The molecule has 0 spiro atoms. The summed E-state index contributed by atoms with van der Waals surface area (Å²) in [4.78, 5) is 32.8. The summed E-state index contributed by atoms with van der Waals surface area (Å²) in [5.41, 5.74) is 0.734. The summed E-state index contributed by atoms with van der Waals surface area (Å²) in [6.45, 7) is 1.84. The number of hydrogen-bond acceptors (Lipinski definition) is 4. The third-order valence-electron chi connectivity index (χ3n) is 6.22. The molecule has 3 aromatic rings. The van der Waals surface area contributed by atoms with Crippen LogP contribution in [-0.4, -0.2) is 54.4 Å². The number of hydrogen-bond donors (Lipinski definition) is 1. The number of carbonyl (C=O) groups is 2. The zero-order valence-corrected chi connectivity index (χ0v) is 20.0. The molecule has 10 heteroatoms. The first kappa shape index (κ1) is 26.1. The van der Waals surface area contributed by atoms with E-state index in [4.69, 9.17) is 0 Å².